The first-order valence-electron chi connectivity index (χ1n) is 8.25. The maximum absolute atomic E-state index is 12.3. The number of anilines is 1. The van der Waals surface area contributed by atoms with Crippen LogP contribution in [-0.2, 0) is 9.53 Å². The van der Waals surface area contributed by atoms with Crippen molar-refractivity contribution < 1.29 is 23.9 Å². The molecule has 3 amide bonds. The van der Waals surface area contributed by atoms with Crippen LogP contribution in [0.15, 0.2) is 55.1 Å². The van der Waals surface area contributed by atoms with Crippen molar-refractivity contribution in [2.45, 2.75) is 0 Å². The van der Waals surface area contributed by atoms with Crippen LogP contribution in [0.3, 0.4) is 0 Å². The number of ether oxygens (including phenoxy) is 1. The minimum absolute atomic E-state index is 0.0610. The van der Waals surface area contributed by atoms with Crippen LogP contribution in [0.5, 0.6) is 0 Å². The highest BCUT2D eigenvalue weighted by Gasteiger charge is 2.35. The van der Waals surface area contributed by atoms with Crippen molar-refractivity contribution in [3.05, 3.63) is 76.8 Å². The molecule has 3 rings (SSSR count). The van der Waals surface area contributed by atoms with Crippen LogP contribution >= 0.6 is 11.6 Å². The van der Waals surface area contributed by atoms with Gasteiger partial charge < -0.3 is 10.1 Å². The van der Waals surface area contributed by atoms with Crippen molar-refractivity contribution in [2.24, 2.45) is 0 Å². The zero-order chi connectivity index (χ0) is 20.3. The highest BCUT2D eigenvalue weighted by molar-refractivity contribution is 6.33. The molecule has 0 saturated carbocycles. The predicted molar refractivity (Wildman–Crippen MR) is 102 cm³/mol. The molecule has 142 valence electrons. The molecule has 0 fully saturated rings. The van der Waals surface area contributed by atoms with Crippen LogP contribution in [-0.4, -0.2) is 41.7 Å². The molecule has 28 heavy (non-hydrogen) atoms. The molecule has 7 nitrogen and oxygen atoms in total. The molecular weight excluding hydrogens is 384 g/mol. The van der Waals surface area contributed by atoms with Crippen molar-refractivity contribution in [1.82, 2.24) is 4.90 Å². The number of carbonyl (C=O) groups is 4. The van der Waals surface area contributed by atoms with Crippen molar-refractivity contribution >= 4 is 41.0 Å². The number of amides is 3. The molecule has 0 bridgehead atoms. The van der Waals surface area contributed by atoms with Gasteiger partial charge in [-0.1, -0.05) is 29.8 Å². The third-order valence-corrected chi connectivity index (χ3v) is 4.33. The number of fused-ring (bicyclic) bond motifs is 1. The molecule has 1 aliphatic rings. The number of imide groups is 1. The lowest BCUT2D eigenvalue weighted by atomic mass is 10.1. The van der Waals surface area contributed by atoms with E-state index in [1.54, 1.807) is 24.3 Å². The summed E-state index contributed by atoms with van der Waals surface area (Å²) >= 11 is 5.95. The number of nitrogens with one attached hydrogen (secondary N) is 1. The van der Waals surface area contributed by atoms with Crippen molar-refractivity contribution in [3.63, 3.8) is 0 Å². The SMILES string of the molecule is C=CCN1C(=O)c2ccc(C(=O)OCC(=O)Nc3ccccc3Cl)cc2C1=O. The summed E-state index contributed by atoms with van der Waals surface area (Å²) in [7, 11) is 0. The quantitative estimate of drug-likeness (QED) is 0.459. The summed E-state index contributed by atoms with van der Waals surface area (Å²) in [5, 5.41) is 2.88. The van der Waals surface area contributed by atoms with Crippen LogP contribution in [0.2, 0.25) is 5.02 Å². The monoisotopic (exact) mass is 398 g/mol. The van der Waals surface area contributed by atoms with Gasteiger partial charge in [-0.05, 0) is 30.3 Å². The molecule has 2 aromatic rings. The number of hydrogen-bond donors (Lipinski definition) is 1. The van der Waals surface area contributed by atoms with E-state index in [1.165, 1.54) is 24.3 Å². The van der Waals surface area contributed by atoms with Gasteiger partial charge in [-0.15, -0.1) is 6.58 Å². The van der Waals surface area contributed by atoms with E-state index in [1.807, 2.05) is 0 Å². The predicted octanol–water partition coefficient (Wildman–Crippen LogP) is 2.92. The summed E-state index contributed by atoms with van der Waals surface area (Å²) in [5.41, 5.74) is 0.779. The van der Waals surface area contributed by atoms with Crippen molar-refractivity contribution in [2.75, 3.05) is 18.5 Å². The molecule has 0 aromatic heterocycles. The zero-order valence-corrected chi connectivity index (χ0v) is 15.4. The van der Waals surface area contributed by atoms with Crippen LogP contribution < -0.4 is 5.32 Å². The number of rotatable bonds is 6. The lowest BCUT2D eigenvalue weighted by Gasteiger charge is -2.09. The fourth-order valence-electron chi connectivity index (χ4n) is 2.68. The number of halogens is 1. The molecule has 0 radical (unpaired) electrons. The molecule has 0 saturated heterocycles. The first kappa shape index (κ1) is 19.3. The minimum atomic E-state index is -0.792. The second kappa shape index (κ2) is 8.06. The normalized spacial score (nSPS) is 12.5. The van der Waals surface area contributed by atoms with E-state index >= 15 is 0 Å². The van der Waals surface area contributed by atoms with Gasteiger partial charge in [0.05, 0.1) is 27.4 Å². The van der Waals surface area contributed by atoms with Gasteiger partial charge >= 0.3 is 5.97 Å². The van der Waals surface area contributed by atoms with E-state index in [4.69, 9.17) is 16.3 Å². The largest absolute Gasteiger partial charge is 0.452 e. The summed E-state index contributed by atoms with van der Waals surface area (Å²) in [4.78, 5) is 49.7. The van der Waals surface area contributed by atoms with E-state index in [9.17, 15) is 19.2 Å². The van der Waals surface area contributed by atoms with Gasteiger partial charge in [0.1, 0.15) is 0 Å². The number of hydrogen-bond acceptors (Lipinski definition) is 5. The molecule has 0 atom stereocenters. The minimum Gasteiger partial charge on any atom is -0.452 e. The second-order valence-electron chi connectivity index (χ2n) is 5.87. The summed E-state index contributed by atoms with van der Waals surface area (Å²) in [5.74, 6) is -2.31. The standard InChI is InChI=1S/C20H15ClN2O5/c1-2-9-23-18(25)13-8-7-12(10-14(13)19(23)26)20(27)28-11-17(24)22-16-6-4-3-5-15(16)21/h2-8,10H,1,9,11H2,(H,22,24). The Labute approximate surface area is 165 Å². The van der Waals surface area contributed by atoms with Gasteiger partial charge in [-0.3, -0.25) is 19.3 Å². The third kappa shape index (κ3) is 3.79. The number of nitrogens with zero attached hydrogens (tertiary/aromatic N) is 1. The van der Waals surface area contributed by atoms with Gasteiger partial charge in [-0.2, -0.15) is 0 Å². The second-order valence-corrected chi connectivity index (χ2v) is 6.28. The van der Waals surface area contributed by atoms with E-state index in [0.29, 0.717) is 10.7 Å². The average Bonchev–Trinajstić information content (AvgIpc) is 2.92. The molecule has 0 aliphatic carbocycles. The first-order valence-corrected chi connectivity index (χ1v) is 8.63. The van der Waals surface area contributed by atoms with Crippen molar-refractivity contribution in [1.29, 1.82) is 0 Å². The molecular formula is C20H15ClN2O5. The lowest BCUT2D eigenvalue weighted by molar-refractivity contribution is -0.119. The molecule has 0 spiro atoms. The maximum atomic E-state index is 12.3. The van der Waals surface area contributed by atoms with Crippen LogP contribution in [0.25, 0.3) is 0 Å². The van der Waals surface area contributed by atoms with Crippen LogP contribution in [0, 0.1) is 0 Å². The molecule has 8 heteroatoms. The van der Waals surface area contributed by atoms with Crippen molar-refractivity contribution in [3.8, 4) is 0 Å². The summed E-state index contributed by atoms with van der Waals surface area (Å²) < 4.78 is 4.98. The Morgan fingerprint density at radius 3 is 2.54 bits per heavy atom. The van der Waals surface area contributed by atoms with Crippen LogP contribution in [0.1, 0.15) is 31.1 Å². The Balaban J connectivity index is 1.65. The van der Waals surface area contributed by atoms with Gasteiger partial charge in [0.15, 0.2) is 6.61 Å². The molecule has 1 heterocycles. The molecule has 2 aromatic carbocycles. The lowest BCUT2D eigenvalue weighted by Crippen LogP contribution is -2.29. The number of esters is 1. The smallest absolute Gasteiger partial charge is 0.338 e. The number of carbonyl (C=O) groups excluding carboxylic acids is 4. The Hall–Kier alpha value is -3.45. The van der Waals surface area contributed by atoms with E-state index in [2.05, 4.69) is 11.9 Å². The third-order valence-electron chi connectivity index (χ3n) is 4.00. The van der Waals surface area contributed by atoms with Gasteiger partial charge in [0, 0.05) is 6.54 Å². The zero-order valence-electron chi connectivity index (χ0n) is 14.6. The highest BCUT2D eigenvalue weighted by atomic mass is 35.5. The topological polar surface area (TPSA) is 92.8 Å². The summed E-state index contributed by atoms with van der Waals surface area (Å²) in [6.45, 7) is 3.06. The fraction of sp³-hybridized carbons (Fsp3) is 0.100. The Kier molecular flexibility index (Phi) is 5.56. The summed E-state index contributed by atoms with van der Waals surface area (Å²) in [6, 6.07) is 10.7. The Bertz CT molecular complexity index is 1000. The molecule has 0 unspecified atom stereocenters. The molecule has 1 aliphatic heterocycles. The number of benzene rings is 2. The number of para-hydroxylation sites is 1. The first-order chi connectivity index (χ1) is 13.4. The Morgan fingerprint density at radius 2 is 1.82 bits per heavy atom. The van der Waals surface area contributed by atoms with Crippen LogP contribution in [0.4, 0.5) is 5.69 Å². The summed E-state index contributed by atoms with van der Waals surface area (Å²) in [6.07, 6.45) is 1.44. The highest BCUT2D eigenvalue weighted by Crippen LogP contribution is 2.24. The van der Waals surface area contributed by atoms with Gasteiger partial charge in [0.25, 0.3) is 17.7 Å². The van der Waals surface area contributed by atoms with Gasteiger partial charge in [-0.25, -0.2) is 4.79 Å². The van der Waals surface area contributed by atoms with E-state index < -0.39 is 30.3 Å². The maximum Gasteiger partial charge on any atom is 0.338 e. The Morgan fingerprint density at radius 1 is 1.11 bits per heavy atom. The van der Waals surface area contributed by atoms with Gasteiger partial charge in [0.2, 0.25) is 0 Å². The van der Waals surface area contributed by atoms with E-state index in [-0.39, 0.29) is 23.2 Å². The van der Waals surface area contributed by atoms with E-state index in [0.717, 1.165) is 4.90 Å². The average molecular weight is 399 g/mol. The fourth-order valence-corrected chi connectivity index (χ4v) is 2.86. The molecule has 1 N–H and O–H groups in total.